The molecule has 1 fully saturated rings. The Kier molecular flexibility index (Phi) is 3.95. The molecule has 3 nitrogen and oxygen atoms in total. The molecule has 1 aliphatic heterocycles. The molecule has 0 bridgehead atoms. The molecule has 1 heterocycles. The Bertz CT molecular complexity index is 450. The summed E-state index contributed by atoms with van der Waals surface area (Å²) in [5, 5.41) is 0. The number of hydrogen-bond donors (Lipinski definition) is 0. The van der Waals surface area contributed by atoms with Crippen LogP contribution in [0.2, 0.25) is 0 Å². The number of methoxy groups -OCH3 is 1. The summed E-state index contributed by atoms with van der Waals surface area (Å²) in [4.78, 5) is 14.4. The SMILES string of the molecule is COc1ccc(CC2N(C)CCC(=O)C2(C)C)cc1. The van der Waals surface area contributed by atoms with Gasteiger partial charge in [0, 0.05) is 24.4 Å². The number of rotatable bonds is 3. The summed E-state index contributed by atoms with van der Waals surface area (Å²) in [6.07, 6.45) is 1.57. The van der Waals surface area contributed by atoms with E-state index in [4.69, 9.17) is 4.74 Å². The molecule has 1 unspecified atom stereocenters. The fraction of sp³-hybridized carbons (Fsp3) is 0.562. The zero-order chi connectivity index (χ0) is 14.0. The predicted molar refractivity (Wildman–Crippen MR) is 76.5 cm³/mol. The van der Waals surface area contributed by atoms with Crippen molar-refractivity contribution in [2.45, 2.75) is 32.7 Å². The molecule has 0 aliphatic carbocycles. The van der Waals surface area contributed by atoms with Crippen LogP contribution >= 0.6 is 0 Å². The molecule has 104 valence electrons. The Morgan fingerprint density at radius 1 is 1.32 bits per heavy atom. The van der Waals surface area contributed by atoms with Crippen LogP contribution in [0.4, 0.5) is 0 Å². The molecule has 1 aliphatic rings. The number of likely N-dealkylation sites (N-methyl/N-ethyl adjacent to an activating group) is 1. The Morgan fingerprint density at radius 3 is 2.53 bits per heavy atom. The van der Waals surface area contributed by atoms with E-state index in [1.54, 1.807) is 7.11 Å². The van der Waals surface area contributed by atoms with E-state index in [1.807, 2.05) is 12.1 Å². The first-order valence-corrected chi connectivity index (χ1v) is 6.81. The van der Waals surface area contributed by atoms with Crippen molar-refractivity contribution in [2.75, 3.05) is 20.7 Å². The van der Waals surface area contributed by atoms with Gasteiger partial charge in [-0.15, -0.1) is 0 Å². The van der Waals surface area contributed by atoms with Crippen molar-refractivity contribution in [3.63, 3.8) is 0 Å². The average molecular weight is 261 g/mol. The van der Waals surface area contributed by atoms with Crippen LogP contribution in [-0.2, 0) is 11.2 Å². The van der Waals surface area contributed by atoms with Gasteiger partial charge in [0.2, 0.25) is 0 Å². The fourth-order valence-corrected chi connectivity index (χ4v) is 2.89. The zero-order valence-electron chi connectivity index (χ0n) is 12.3. The second kappa shape index (κ2) is 5.33. The summed E-state index contributed by atoms with van der Waals surface area (Å²) < 4.78 is 5.17. The molecule has 1 aromatic carbocycles. The van der Waals surface area contributed by atoms with E-state index in [1.165, 1.54) is 5.56 Å². The minimum Gasteiger partial charge on any atom is -0.497 e. The number of piperidine rings is 1. The van der Waals surface area contributed by atoms with Gasteiger partial charge < -0.3 is 9.64 Å². The van der Waals surface area contributed by atoms with Crippen LogP contribution in [0.5, 0.6) is 5.75 Å². The molecule has 1 aromatic rings. The number of nitrogens with zero attached hydrogens (tertiary/aromatic N) is 1. The molecule has 0 radical (unpaired) electrons. The van der Waals surface area contributed by atoms with Crippen LogP contribution < -0.4 is 4.74 Å². The monoisotopic (exact) mass is 261 g/mol. The fourth-order valence-electron chi connectivity index (χ4n) is 2.89. The number of Topliss-reactive ketones (excluding diaryl/α,β-unsaturated/α-hetero) is 1. The molecular weight excluding hydrogens is 238 g/mol. The maximum absolute atomic E-state index is 12.1. The minimum atomic E-state index is -0.271. The van der Waals surface area contributed by atoms with Crippen molar-refractivity contribution in [3.05, 3.63) is 29.8 Å². The highest BCUT2D eigenvalue weighted by Gasteiger charge is 2.41. The van der Waals surface area contributed by atoms with E-state index in [9.17, 15) is 4.79 Å². The lowest BCUT2D eigenvalue weighted by molar-refractivity contribution is -0.135. The molecule has 19 heavy (non-hydrogen) atoms. The molecule has 1 atom stereocenters. The molecule has 0 aromatic heterocycles. The van der Waals surface area contributed by atoms with Crippen molar-refractivity contribution < 1.29 is 9.53 Å². The van der Waals surface area contributed by atoms with Crippen LogP contribution in [0.3, 0.4) is 0 Å². The molecule has 0 amide bonds. The Hall–Kier alpha value is -1.35. The van der Waals surface area contributed by atoms with E-state index in [-0.39, 0.29) is 11.5 Å². The number of hydrogen-bond acceptors (Lipinski definition) is 3. The normalized spacial score (nSPS) is 23.4. The van der Waals surface area contributed by atoms with Crippen LogP contribution in [-0.4, -0.2) is 37.4 Å². The number of benzene rings is 1. The number of carbonyl (C=O) groups is 1. The average Bonchev–Trinajstić information content (AvgIpc) is 2.40. The number of ether oxygens (including phenoxy) is 1. The molecule has 1 saturated heterocycles. The molecule has 3 heteroatoms. The second-order valence-corrected chi connectivity index (χ2v) is 5.94. The summed E-state index contributed by atoms with van der Waals surface area (Å²) in [6, 6.07) is 8.39. The topological polar surface area (TPSA) is 29.5 Å². The van der Waals surface area contributed by atoms with Crippen molar-refractivity contribution in [3.8, 4) is 5.75 Å². The predicted octanol–water partition coefficient (Wildman–Crippen LogP) is 2.54. The number of likely N-dealkylation sites (tertiary alicyclic amines) is 1. The first-order chi connectivity index (χ1) is 8.95. The lowest BCUT2D eigenvalue weighted by Crippen LogP contribution is -2.53. The van der Waals surface area contributed by atoms with Gasteiger partial charge in [-0.1, -0.05) is 26.0 Å². The quantitative estimate of drug-likeness (QED) is 0.837. The van der Waals surface area contributed by atoms with E-state index in [0.717, 1.165) is 18.7 Å². The minimum absolute atomic E-state index is 0.266. The lowest BCUT2D eigenvalue weighted by atomic mass is 9.73. The van der Waals surface area contributed by atoms with Crippen LogP contribution in [0.25, 0.3) is 0 Å². The lowest BCUT2D eigenvalue weighted by Gasteiger charge is -2.43. The van der Waals surface area contributed by atoms with Gasteiger partial charge in [0.15, 0.2) is 0 Å². The summed E-state index contributed by atoms with van der Waals surface area (Å²) >= 11 is 0. The summed E-state index contributed by atoms with van der Waals surface area (Å²) in [5.74, 6) is 1.25. The van der Waals surface area contributed by atoms with E-state index >= 15 is 0 Å². The molecule has 2 rings (SSSR count). The maximum atomic E-state index is 12.1. The maximum Gasteiger partial charge on any atom is 0.141 e. The van der Waals surface area contributed by atoms with Crippen LogP contribution in [0, 0.1) is 5.41 Å². The summed E-state index contributed by atoms with van der Waals surface area (Å²) in [7, 11) is 3.79. The highest BCUT2D eigenvalue weighted by Crippen LogP contribution is 2.33. The molecule has 0 N–H and O–H groups in total. The van der Waals surface area contributed by atoms with E-state index < -0.39 is 0 Å². The third-order valence-electron chi connectivity index (χ3n) is 4.36. The number of ketones is 1. The highest BCUT2D eigenvalue weighted by atomic mass is 16.5. The second-order valence-electron chi connectivity index (χ2n) is 5.94. The Balaban J connectivity index is 2.17. The van der Waals surface area contributed by atoms with Gasteiger partial charge in [0.25, 0.3) is 0 Å². The third kappa shape index (κ3) is 2.81. The van der Waals surface area contributed by atoms with Crippen LogP contribution in [0.15, 0.2) is 24.3 Å². The van der Waals surface area contributed by atoms with Gasteiger partial charge in [0.1, 0.15) is 11.5 Å². The smallest absolute Gasteiger partial charge is 0.141 e. The standard InChI is InChI=1S/C16H23NO2/c1-16(2)14(17(3)10-9-15(16)18)11-12-5-7-13(19-4)8-6-12/h5-8,14H,9-11H2,1-4H3. The first kappa shape index (κ1) is 14.1. The van der Waals surface area contributed by atoms with Crippen molar-refractivity contribution in [2.24, 2.45) is 5.41 Å². The first-order valence-electron chi connectivity index (χ1n) is 6.81. The molecule has 0 saturated carbocycles. The van der Waals surface area contributed by atoms with Crippen molar-refractivity contribution in [1.29, 1.82) is 0 Å². The van der Waals surface area contributed by atoms with E-state index in [0.29, 0.717) is 12.2 Å². The van der Waals surface area contributed by atoms with E-state index in [2.05, 4.69) is 37.9 Å². The van der Waals surface area contributed by atoms with Gasteiger partial charge in [-0.2, -0.15) is 0 Å². The van der Waals surface area contributed by atoms with Crippen molar-refractivity contribution in [1.82, 2.24) is 4.90 Å². The largest absolute Gasteiger partial charge is 0.497 e. The third-order valence-corrected chi connectivity index (χ3v) is 4.36. The van der Waals surface area contributed by atoms with Gasteiger partial charge in [-0.3, -0.25) is 4.79 Å². The Morgan fingerprint density at radius 2 is 1.95 bits per heavy atom. The van der Waals surface area contributed by atoms with Crippen LogP contribution in [0.1, 0.15) is 25.8 Å². The summed E-state index contributed by atoms with van der Waals surface area (Å²) in [5.41, 5.74) is 0.979. The van der Waals surface area contributed by atoms with Crippen molar-refractivity contribution >= 4 is 5.78 Å². The number of carbonyl (C=O) groups excluding carboxylic acids is 1. The van der Waals surface area contributed by atoms with Gasteiger partial charge in [0.05, 0.1) is 7.11 Å². The Labute approximate surface area is 115 Å². The van der Waals surface area contributed by atoms with Gasteiger partial charge in [-0.25, -0.2) is 0 Å². The molecule has 0 spiro atoms. The van der Waals surface area contributed by atoms with Gasteiger partial charge in [-0.05, 0) is 31.2 Å². The summed E-state index contributed by atoms with van der Waals surface area (Å²) in [6.45, 7) is 5.00. The zero-order valence-corrected chi connectivity index (χ0v) is 12.3. The van der Waals surface area contributed by atoms with Gasteiger partial charge >= 0.3 is 0 Å². The highest BCUT2D eigenvalue weighted by molar-refractivity contribution is 5.85. The molecular formula is C16H23NO2.